The van der Waals surface area contributed by atoms with Crippen LogP contribution in [0.1, 0.15) is 35.4 Å². The fourth-order valence-electron chi connectivity index (χ4n) is 2.53. The van der Waals surface area contributed by atoms with Gasteiger partial charge in [0.1, 0.15) is 5.75 Å². The lowest BCUT2D eigenvalue weighted by Crippen LogP contribution is -2.01. The molecule has 0 unspecified atom stereocenters. The molecule has 0 aliphatic heterocycles. The molecule has 0 heterocycles. The fraction of sp³-hybridized carbons (Fsp3) is 0.333. The maximum absolute atomic E-state index is 5.23. The smallest absolute Gasteiger partial charge is 0.119 e. The van der Waals surface area contributed by atoms with Crippen LogP contribution in [-0.2, 0) is 6.54 Å². The van der Waals surface area contributed by atoms with Gasteiger partial charge in [-0.15, -0.1) is 0 Å². The predicted octanol–water partition coefficient (Wildman–Crippen LogP) is 4.49. The van der Waals surface area contributed by atoms with Gasteiger partial charge in [-0.2, -0.15) is 0 Å². The van der Waals surface area contributed by atoms with Gasteiger partial charge in [0, 0.05) is 12.2 Å². The highest BCUT2D eigenvalue weighted by molar-refractivity contribution is 5.54. The highest BCUT2D eigenvalue weighted by Gasteiger charge is 2.23. The number of nitrogens with one attached hydrogen (secondary N) is 1. The summed E-state index contributed by atoms with van der Waals surface area (Å²) in [7, 11) is 1.70. The lowest BCUT2D eigenvalue weighted by molar-refractivity contribution is 0.414. The van der Waals surface area contributed by atoms with Crippen molar-refractivity contribution in [1.29, 1.82) is 0 Å². The van der Waals surface area contributed by atoms with Crippen molar-refractivity contribution < 1.29 is 4.74 Å². The Morgan fingerprint density at radius 3 is 2.70 bits per heavy atom. The van der Waals surface area contributed by atoms with Gasteiger partial charge in [0.05, 0.1) is 7.11 Å². The number of hydrogen-bond acceptors (Lipinski definition) is 2. The van der Waals surface area contributed by atoms with Gasteiger partial charge in [0.15, 0.2) is 0 Å². The molecule has 0 radical (unpaired) electrons. The zero-order chi connectivity index (χ0) is 13.9. The van der Waals surface area contributed by atoms with Crippen LogP contribution >= 0.6 is 0 Å². The lowest BCUT2D eigenvalue weighted by atomic mass is 10.1. The van der Waals surface area contributed by atoms with Gasteiger partial charge in [-0.25, -0.2) is 0 Å². The number of methoxy groups -OCH3 is 1. The molecule has 1 aliphatic rings. The predicted molar refractivity (Wildman–Crippen MR) is 83.5 cm³/mol. The van der Waals surface area contributed by atoms with E-state index in [1.807, 2.05) is 6.07 Å². The van der Waals surface area contributed by atoms with Crippen LogP contribution in [0.25, 0.3) is 0 Å². The van der Waals surface area contributed by atoms with Crippen LogP contribution < -0.4 is 10.1 Å². The van der Waals surface area contributed by atoms with Crippen molar-refractivity contribution in [3.63, 3.8) is 0 Å². The van der Waals surface area contributed by atoms with Crippen molar-refractivity contribution in [2.24, 2.45) is 0 Å². The van der Waals surface area contributed by atoms with Crippen molar-refractivity contribution in [1.82, 2.24) is 0 Å². The number of rotatable bonds is 5. The Kier molecular flexibility index (Phi) is 3.64. The van der Waals surface area contributed by atoms with E-state index in [9.17, 15) is 0 Å². The van der Waals surface area contributed by atoms with E-state index in [0.29, 0.717) is 0 Å². The minimum atomic E-state index is 0.817. The molecule has 20 heavy (non-hydrogen) atoms. The van der Waals surface area contributed by atoms with Crippen LogP contribution in [-0.4, -0.2) is 7.11 Å². The first-order valence-corrected chi connectivity index (χ1v) is 7.23. The summed E-state index contributed by atoms with van der Waals surface area (Å²) in [4.78, 5) is 0. The maximum Gasteiger partial charge on any atom is 0.119 e. The molecule has 2 aromatic rings. The van der Waals surface area contributed by atoms with Crippen LogP contribution in [0, 0.1) is 6.92 Å². The van der Waals surface area contributed by atoms with E-state index < -0.39 is 0 Å². The van der Waals surface area contributed by atoms with Gasteiger partial charge in [0.25, 0.3) is 0 Å². The number of aryl methyl sites for hydroxylation is 1. The third-order valence-electron chi connectivity index (χ3n) is 3.92. The number of hydrogen-bond donors (Lipinski definition) is 1. The minimum absolute atomic E-state index is 0.817. The summed E-state index contributed by atoms with van der Waals surface area (Å²) >= 11 is 0. The van der Waals surface area contributed by atoms with E-state index in [1.54, 1.807) is 7.11 Å². The minimum Gasteiger partial charge on any atom is -0.497 e. The molecule has 2 heteroatoms. The van der Waals surface area contributed by atoms with E-state index in [1.165, 1.54) is 35.2 Å². The molecule has 0 amide bonds. The molecule has 0 aromatic heterocycles. The van der Waals surface area contributed by atoms with E-state index in [4.69, 9.17) is 4.74 Å². The summed E-state index contributed by atoms with van der Waals surface area (Å²) in [5.74, 6) is 1.72. The molecule has 104 valence electrons. The van der Waals surface area contributed by atoms with Crippen molar-refractivity contribution in [3.8, 4) is 5.75 Å². The zero-order valence-electron chi connectivity index (χ0n) is 12.1. The Morgan fingerprint density at radius 1 is 1.15 bits per heavy atom. The molecule has 0 spiro atoms. The maximum atomic E-state index is 5.23. The van der Waals surface area contributed by atoms with Gasteiger partial charge in [0.2, 0.25) is 0 Å². The van der Waals surface area contributed by atoms with E-state index >= 15 is 0 Å². The van der Waals surface area contributed by atoms with Crippen LogP contribution in [0.15, 0.2) is 42.5 Å². The van der Waals surface area contributed by atoms with Crippen LogP contribution in [0.5, 0.6) is 5.75 Å². The fourth-order valence-corrected chi connectivity index (χ4v) is 2.53. The Bertz CT molecular complexity index is 602. The molecule has 2 aromatic carbocycles. The Morgan fingerprint density at radius 2 is 2.00 bits per heavy atom. The van der Waals surface area contributed by atoms with Crippen LogP contribution in [0.2, 0.25) is 0 Å². The van der Waals surface area contributed by atoms with Crippen molar-refractivity contribution in [2.45, 2.75) is 32.2 Å². The molecular weight excluding hydrogens is 246 g/mol. The zero-order valence-corrected chi connectivity index (χ0v) is 12.1. The molecule has 1 fully saturated rings. The van der Waals surface area contributed by atoms with E-state index in [2.05, 4.69) is 48.6 Å². The molecular formula is C18H21NO. The van der Waals surface area contributed by atoms with Crippen molar-refractivity contribution in [3.05, 3.63) is 59.2 Å². The molecule has 2 nitrogen and oxygen atoms in total. The second-order valence-electron chi connectivity index (χ2n) is 5.55. The molecule has 3 rings (SSSR count). The summed E-state index contributed by atoms with van der Waals surface area (Å²) in [5, 5.41) is 3.51. The summed E-state index contributed by atoms with van der Waals surface area (Å²) < 4.78 is 5.23. The Hall–Kier alpha value is -1.96. The van der Waals surface area contributed by atoms with E-state index in [0.717, 1.165) is 18.2 Å². The Balaban J connectivity index is 1.68. The van der Waals surface area contributed by atoms with Crippen LogP contribution in [0.4, 0.5) is 5.69 Å². The molecule has 1 N–H and O–H groups in total. The van der Waals surface area contributed by atoms with Gasteiger partial charge in [-0.1, -0.05) is 24.3 Å². The second kappa shape index (κ2) is 5.58. The third kappa shape index (κ3) is 2.96. The first-order chi connectivity index (χ1) is 9.76. The van der Waals surface area contributed by atoms with Gasteiger partial charge in [-0.05, 0) is 60.6 Å². The first kappa shape index (κ1) is 13.0. The highest BCUT2D eigenvalue weighted by atomic mass is 16.5. The average Bonchev–Trinajstić information content (AvgIpc) is 3.31. The van der Waals surface area contributed by atoms with Crippen LogP contribution in [0.3, 0.4) is 0 Å². The molecule has 1 aliphatic carbocycles. The first-order valence-electron chi connectivity index (χ1n) is 7.23. The summed E-state index contributed by atoms with van der Waals surface area (Å²) in [6.45, 7) is 2.97. The monoisotopic (exact) mass is 267 g/mol. The largest absolute Gasteiger partial charge is 0.497 e. The number of ether oxygens (including phenoxy) is 1. The quantitative estimate of drug-likeness (QED) is 0.861. The third-order valence-corrected chi connectivity index (χ3v) is 3.92. The molecule has 0 bridgehead atoms. The normalized spacial score (nSPS) is 14.1. The number of anilines is 1. The SMILES string of the molecule is COc1ccc(NCc2cccc(C3CC3)c2)c(C)c1. The topological polar surface area (TPSA) is 21.3 Å². The second-order valence-corrected chi connectivity index (χ2v) is 5.55. The molecule has 1 saturated carbocycles. The molecule has 0 atom stereocenters. The Labute approximate surface area is 120 Å². The lowest BCUT2D eigenvalue weighted by Gasteiger charge is -2.11. The average molecular weight is 267 g/mol. The summed E-state index contributed by atoms with van der Waals surface area (Å²) in [6, 6.07) is 15.1. The standard InChI is InChI=1S/C18H21NO/c1-13-10-17(20-2)8-9-18(13)19-12-14-4-3-5-16(11-14)15-6-7-15/h3-5,8-11,15,19H,6-7,12H2,1-2H3. The van der Waals surface area contributed by atoms with Crippen molar-refractivity contribution in [2.75, 3.05) is 12.4 Å². The van der Waals surface area contributed by atoms with Gasteiger partial charge >= 0.3 is 0 Å². The summed E-state index contributed by atoms with van der Waals surface area (Å²) in [6.07, 6.45) is 2.71. The molecule has 0 saturated heterocycles. The number of benzene rings is 2. The van der Waals surface area contributed by atoms with E-state index in [-0.39, 0.29) is 0 Å². The van der Waals surface area contributed by atoms with Gasteiger partial charge < -0.3 is 10.1 Å². The summed E-state index contributed by atoms with van der Waals surface area (Å²) in [5.41, 5.74) is 5.23. The highest BCUT2D eigenvalue weighted by Crippen LogP contribution is 2.40. The van der Waals surface area contributed by atoms with Crippen molar-refractivity contribution >= 4 is 5.69 Å². The van der Waals surface area contributed by atoms with Gasteiger partial charge in [-0.3, -0.25) is 0 Å².